The molecular weight excluding hydrogens is 573 g/mol. The maximum atomic E-state index is 9.87. The molecule has 0 unspecified atom stereocenters. The third-order valence-corrected chi connectivity index (χ3v) is 6.49. The quantitative estimate of drug-likeness (QED) is 0.0759. The molecule has 0 saturated heterocycles. The first-order chi connectivity index (χ1) is 16.2. The first-order valence-electron chi connectivity index (χ1n) is 9.52. The SMILES string of the molecule is F[P-](F)(F)(F)(F)F.SCOc1ccc([S+](c2ccc(OCS)cc2)c2ccc(OCS)cc2)cc1. The summed E-state index contributed by atoms with van der Waals surface area (Å²) in [6, 6.07) is 24.4. The minimum absolute atomic E-state index is 0.275. The Labute approximate surface area is 218 Å². The third-order valence-electron chi connectivity index (χ3n) is 3.87. The summed E-state index contributed by atoms with van der Waals surface area (Å²) in [6.45, 7) is 0. The van der Waals surface area contributed by atoms with Crippen LogP contribution < -0.4 is 14.2 Å². The molecule has 0 saturated carbocycles. The summed E-state index contributed by atoms with van der Waals surface area (Å²) in [4.78, 5) is 3.58. The van der Waals surface area contributed by atoms with Gasteiger partial charge in [0.1, 0.15) is 35.1 Å². The zero-order valence-corrected chi connectivity index (χ0v) is 22.1. The number of benzene rings is 3. The van der Waals surface area contributed by atoms with Gasteiger partial charge in [0.15, 0.2) is 14.7 Å². The number of thiol groups is 3. The monoisotopic (exact) mass is 594 g/mol. The van der Waals surface area contributed by atoms with Gasteiger partial charge in [-0.25, -0.2) is 0 Å². The largest absolute Gasteiger partial charge is 0.483 e. The Morgan fingerprint density at radius 1 is 0.486 bits per heavy atom. The molecule has 0 atom stereocenters. The summed E-state index contributed by atoms with van der Waals surface area (Å²) >= 11 is 12.3. The van der Waals surface area contributed by atoms with Crippen LogP contribution in [0.2, 0.25) is 0 Å². The molecule has 194 valence electrons. The molecule has 0 amide bonds. The molecule has 0 N–H and O–H groups in total. The molecular formula is C21H21F6O3PS4. The van der Waals surface area contributed by atoms with Crippen molar-refractivity contribution in [2.45, 2.75) is 14.7 Å². The van der Waals surface area contributed by atoms with Crippen LogP contribution in [0.4, 0.5) is 25.2 Å². The molecule has 3 rings (SSSR count). The van der Waals surface area contributed by atoms with E-state index in [1.165, 1.54) is 14.7 Å². The van der Waals surface area contributed by atoms with Crippen molar-refractivity contribution in [2.75, 3.05) is 17.8 Å². The number of rotatable bonds is 9. The van der Waals surface area contributed by atoms with Crippen molar-refractivity contribution in [1.82, 2.24) is 0 Å². The van der Waals surface area contributed by atoms with Gasteiger partial charge in [-0.1, -0.05) is 0 Å². The van der Waals surface area contributed by atoms with Crippen molar-refractivity contribution >= 4 is 56.6 Å². The maximum absolute atomic E-state index is 10.7. The van der Waals surface area contributed by atoms with E-state index in [0.29, 0.717) is 17.8 Å². The number of hydrogen-bond acceptors (Lipinski definition) is 6. The molecule has 0 aliphatic heterocycles. The van der Waals surface area contributed by atoms with Crippen molar-refractivity contribution in [3.63, 3.8) is 0 Å². The zero-order valence-electron chi connectivity index (χ0n) is 17.7. The van der Waals surface area contributed by atoms with Crippen molar-refractivity contribution in [3.8, 4) is 17.2 Å². The van der Waals surface area contributed by atoms with Crippen LogP contribution in [0.15, 0.2) is 87.5 Å². The van der Waals surface area contributed by atoms with Gasteiger partial charge in [0.2, 0.25) is 0 Å². The Morgan fingerprint density at radius 2 is 0.686 bits per heavy atom. The predicted molar refractivity (Wildman–Crippen MR) is 138 cm³/mol. The van der Waals surface area contributed by atoms with Crippen LogP contribution in [-0.4, -0.2) is 17.8 Å². The molecule has 0 radical (unpaired) electrons. The van der Waals surface area contributed by atoms with Crippen LogP contribution in [0.25, 0.3) is 0 Å². The topological polar surface area (TPSA) is 27.7 Å². The van der Waals surface area contributed by atoms with Crippen LogP contribution in [0.1, 0.15) is 0 Å². The van der Waals surface area contributed by atoms with Gasteiger partial charge in [0, 0.05) is 0 Å². The van der Waals surface area contributed by atoms with Gasteiger partial charge in [0.05, 0.1) is 10.9 Å². The number of ether oxygens (including phenoxy) is 3. The smallest absolute Gasteiger partial charge is 0.166 e. The van der Waals surface area contributed by atoms with Gasteiger partial charge >= 0.3 is 33.0 Å². The van der Waals surface area contributed by atoms with Crippen LogP contribution in [0.3, 0.4) is 0 Å². The van der Waals surface area contributed by atoms with Crippen molar-refractivity contribution < 1.29 is 39.4 Å². The summed E-state index contributed by atoms with van der Waals surface area (Å²) in [7, 11) is -10.9. The van der Waals surface area contributed by atoms with Gasteiger partial charge in [-0.15, -0.1) is 37.9 Å². The number of halogens is 6. The van der Waals surface area contributed by atoms with Crippen molar-refractivity contribution in [3.05, 3.63) is 72.8 Å². The van der Waals surface area contributed by atoms with Gasteiger partial charge in [-0.05, 0) is 72.8 Å². The first kappa shape index (κ1) is 29.7. The van der Waals surface area contributed by atoms with Gasteiger partial charge < -0.3 is 14.2 Å². The van der Waals surface area contributed by atoms with E-state index in [4.69, 9.17) is 14.2 Å². The van der Waals surface area contributed by atoms with E-state index >= 15 is 0 Å². The third kappa shape index (κ3) is 12.3. The van der Waals surface area contributed by atoms with Crippen LogP contribution in [0, 0.1) is 0 Å². The zero-order chi connectivity index (χ0) is 26.2. The van der Waals surface area contributed by atoms with E-state index in [9.17, 15) is 25.2 Å². The summed E-state index contributed by atoms with van der Waals surface area (Å²) in [5.41, 5.74) is 0. The van der Waals surface area contributed by atoms with Crippen LogP contribution in [0.5, 0.6) is 17.2 Å². The molecule has 0 aliphatic rings. The summed E-state index contributed by atoms with van der Waals surface area (Å²) in [5, 5.41) is 0. The summed E-state index contributed by atoms with van der Waals surface area (Å²) in [5.74, 6) is 3.46. The molecule has 3 aromatic rings. The molecule has 0 spiro atoms. The second-order valence-corrected chi connectivity index (χ2v) is 11.2. The van der Waals surface area contributed by atoms with Crippen molar-refractivity contribution in [1.29, 1.82) is 0 Å². The Balaban J connectivity index is 0.000000540. The van der Waals surface area contributed by atoms with E-state index in [2.05, 4.69) is 74.3 Å². The fourth-order valence-electron chi connectivity index (χ4n) is 2.65. The fourth-order valence-corrected chi connectivity index (χ4v) is 5.14. The average molecular weight is 595 g/mol. The Kier molecular flexibility index (Phi) is 9.91. The molecule has 14 heteroatoms. The van der Waals surface area contributed by atoms with Gasteiger partial charge in [-0.3, -0.25) is 0 Å². The first-order valence-corrected chi connectivity index (χ1v) is 14.7. The van der Waals surface area contributed by atoms with E-state index in [-0.39, 0.29) is 10.9 Å². The van der Waals surface area contributed by atoms with E-state index < -0.39 is 7.81 Å². The Bertz CT molecular complexity index is 939. The minimum atomic E-state index is -10.7. The van der Waals surface area contributed by atoms with Gasteiger partial charge in [0.25, 0.3) is 0 Å². The van der Waals surface area contributed by atoms with Crippen LogP contribution >= 0.6 is 45.7 Å². The summed E-state index contributed by atoms with van der Waals surface area (Å²) in [6.07, 6.45) is 0. The average Bonchev–Trinajstić information content (AvgIpc) is 2.76. The van der Waals surface area contributed by atoms with E-state index in [1.54, 1.807) is 0 Å². The Hall–Kier alpha value is -1.53. The second kappa shape index (κ2) is 11.7. The molecule has 0 bridgehead atoms. The predicted octanol–water partition coefficient (Wildman–Crippen LogP) is 8.96. The molecule has 0 fully saturated rings. The fraction of sp³-hybridized carbons (Fsp3) is 0.143. The standard InChI is InChI=1S/C21H20O3S4.F6P/c25-13-22-16-1-7-19(8-2-16)28(20-9-3-17(4-10-20)23-14-26)21-11-5-18(6-12-21)24-15-27;1-7(2,3,4,5)6/h1-12H,13-15H2,(H2-,25,26,27);/q;-1/p+1. The molecule has 0 heterocycles. The molecule has 0 aromatic heterocycles. The molecule has 35 heavy (non-hydrogen) atoms. The molecule has 3 aromatic carbocycles. The van der Waals surface area contributed by atoms with Gasteiger partial charge in [-0.2, -0.15) is 0 Å². The van der Waals surface area contributed by atoms with Crippen molar-refractivity contribution in [2.24, 2.45) is 0 Å². The van der Waals surface area contributed by atoms with E-state index in [0.717, 1.165) is 17.2 Å². The number of hydrogen-bond donors (Lipinski definition) is 3. The van der Waals surface area contributed by atoms with E-state index in [1.807, 2.05) is 36.4 Å². The van der Waals surface area contributed by atoms with Crippen LogP contribution in [-0.2, 0) is 10.9 Å². The maximum Gasteiger partial charge on any atom is 0.166 e. The molecule has 3 nitrogen and oxygen atoms in total. The normalized spacial score (nSPS) is 13.2. The second-order valence-electron chi connectivity index (χ2n) is 6.50. The minimum Gasteiger partial charge on any atom is -0.483 e. The Morgan fingerprint density at radius 3 is 0.857 bits per heavy atom. The summed E-state index contributed by atoms with van der Waals surface area (Å²) < 4.78 is 75.6. The molecule has 0 aliphatic carbocycles.